The van der Waals surface area contributed by atoms with E-state index in [2.05, 4.69) is 39.6 Å². The Morgan fingerprint density at radius 3 is 2.42 bits per heavy atom. The molecular formula is C10H21NO. The molecule has 1 aliphatic heterocycles. The third kappa shape index (κ3) is 2.20. The fraction of sp³-hybridized carbons (Fsp3) is 1.00. The fourth-order valence-corrected chi connectivity index (χ4v) is 1.95. The second-order valence-corrected chi connectivity index (χ2v) is 5.02. The van der Waals surface area contributed by atoms with Crippen LogP contribution in [-0.4, -0.2) is 31.3 Å². The summed E-state index contributed by atoms with van der Waals surface area (Å²) in [5.74, 6) is 0.589. The second kappa shape index (κ2) is 3.35. The van der Waals surface area contributed by atoms with Crippen LogP contribution in [0.4, 0.5) is 0 Å². The summed E-state index contributed by atoms with van der Waals surface area (Å²) >= 11 is 0. The lowest BCUT2D eigenvalue weighted by Gasteiger charge is -2.43. The summed E-state index contributed by atoms with van der Waals surface area (Å²) in [4.78, 5) is 2.31. The molecule has 0 aromatic heterocycles. The Labute approximate surface area is 75.9 Å². The first-order chi connectivity index (χ1) is 5.42. The summed E-state index contributed by atoms with van der Waals surface area (Å²) in [5, 5.41) is 0. The first-order valence-corrected chi connectivity index (χ1v) is 4.74. The first-order valence-electron chi connectivity index (χ1n) is 4.74. The minimum atomic E-state index is 0.318. The Hall–Kier alpha value is -0.0800. The summed E-state index contributed by atoms with van der Waals surface area (Å²) in [6.07, 6.45) is 0.318. The van der Waals surface area contributed by atoms with E-state index in [0.29, 0.717) is 17.6 Å². The Morgan fingerprint density at radius 2 is 2.00 bits per heavy atom. The lowest BCUT2D eigenvalue weighted by Crippen LogP contribution is -2.50. The molecule has 0 aromatic rings. The van der Waals surface area contributed by atoms with Crippen molar-refractivity contribution in [3.8, 4) is 0 Å². The van der Waals surface area contributed by atoms with E-state index in [9.17, 15) is 0 Å². The molecule has 0 aliphatic carbocycles. The van der Waals surface area contributed by atoms with Gasteiger partial charge in [0, 0.05) is 12.0 Å². The second-order valence-electron chi connectivity index (χ2n) is 5.02. The molecule has 1 saturated heterocycles. The summed E-state index contributed by atoms with van der Waals surface area (Å²) in [7, 11) is 2.14. The molecule has 1 rings (SSSR count). The van der Waals surface area contributed by atoms with Crippen LogP contribution in [0.5, 0.6) is 0 Å². The van der Waals surface area contributed by atoms with Gasteiger partial charge in [0.2, 0.25) is 0 Å². The maximum absolute atomic E-state index is 5.79. The van der Waals surface area contributed by atoms with Gasteiger partial charge in [0.1, 0.15) is 6.23 Å². The van der Waals surface area contributed by atoms with E-state index in [0.717, 1.165) is 13.2 Å². The normalized spacial score (nSPS) is 31.0. The van der Waals surface area contributed by atoms with Crippen LogP contribution >= 0.6 is 0 Å². The monoisotopic (exact) mass is 171 g/mol. The zero-order valence-corrected chi connectivity index (χ0v) is 8.92. The molecule has 0 bridgehead atoms. The number of hydrogen-bond donors (Lipinski definition) is 0. The third-order valence-electron chi connectivity index (χ3n) is 2.33. The largest absolute Gasteiger partial charge is 0.362 e. The van der Waals surface area contributed by atoms with Crippen molar-refractivity contribution >= 4 is 0 Å². The van der Waals surface area contributed by atoms with Crippen molar-refractivity contribution in [1.29, 1.82) is 0 Å². The van der Waals surface area contributed by atoms with Crippen LogP contribution in [0, 0.1) is 11.3 Å². The lowest BCUT2D eigenvalue weighted by molar-refractivity contribution is -0.153. The fourth-order valence-electron chi connectivity index (χ4n) is 1.95. The Bertz CT molecular complexity index is 154. The molecule has 0 amide bonds. The van der Waals surface area contributed by atoms with Crippen LogP contribution in [0.3, 0.4) is 0 Å². The van der Waals surface area contributed by atoms with Gasteiger partial charge in [-0.3, -0.25) is 4.90 Å². The average Bonchev–Trinajstić information content (AvgIpc) is 1.83. The minimum absolute atomic E-state index is 0.318. The zero-order valence-electron chi connectivity index (χ0n) is 8.92. The highest BCUT2D eigenvalue weighted by Gasteiger charge is 2.32. The lowest BCUT2D eigenvalue weighted by atomic mass is 9.92. The molecule has 0 spiro atoms. The smallest absolute Gasteiger partial charge is 0.112 e. The summed E-state index contributed by atoms with van der Waals surface area (Å²) < 4.78 is 5.79. The molecule has 0 N–H and O–H groups in total. The van der Waals surface area contributed by atoms with E-state index in [-0.39, 0.29) is 0 Å². The highest BCUT2D eigenvalue weighted by atomic mass is 16.5. The predicted octanol–water partition coefficient (Wildman–Crippen LogP) is 1.96. The van der Waals surface area contributed by atoms with Crippen molar-refractivity contribution < 1.29 is 4.74 Å². The standard InChI is InChI=1S/C10H21NO/c1-8(2)9-11(5)6-10(3,4)7-12-9/h8-9H,6-7H2,1-5H3. The van der Waals surface area contributed by atoms with Crippen LogP contribution in [-0.2, 0) is 4.74 Å². The van der Waals surface area contributed by atoms with E-state index >= 15 is 0 Å². The third-order valence-corrected chi connectivity index (χ3v) is 2.33. The zero-order chi connectivity index (χ0) is 9.35. The molecule has 0 aromatic carbocycles. The highest BCUT2D eigenvalue weighted by Crippen LogP contribution is 2.26. The molecule has 12 heavy (non-hydrogen) atoms. The topological polar surface area (TPSA) is 12.5 Å². The van der Waals surface area contributed by atoms with Crippen LogP contribution in [0.1, 0.15) is 27.7 Å². The van der Waals surface area contributed by atoms with E-state index in [1.165, 1.54) is 0 Å². The maximum Gasteiger partial charge on any atom is 0.112 e. The minimum Gasteiger partial charge on any atom is -0.362 e. The van der Waals surface area contributed by atoms with Gasteiger partial charge in [0.25, 0.3) is 0 Å². The van der Waals surface area contributed by atoms with Crippen molar-refractivity contribution in [3.05, 3.63) is 0 Å². The average molecular weight is 171 g/mol. The van der Waals surface area contributed by atoms with Gasteiger partial charge in [0.05, 0.1) is 6.61 Å². The molecule has 2 nitrogen and oxygen atoms in total. The molecule has 2 heteroatoms. The quantitative estimate of drug-likeness (QED) is 0.598. The Morgan fingerprint density at radius 1 is 1.42 bits per heavy atom. The van der Waals surface area contributed by atoms with Gasteiger partial charge in [-0.15, -0.1) is 0 Å². The van der Waals surface area contributed by atoms with Crippen molar-refractivity contribution in [3.63, 3.8) is 0 Å². The van der Waals surface area contributed by atoms with Gasteiger partial charge in [-0.05, 0) is 13.0 Å². The summed E-state index contributed by atoms with van der Waals surface area (Å²) in [5.41, 5.74) is 0.320. The molecular weight excluding hydrogens is 150 g/mol. The summed E-state index contributed by atoms with van der Waals surface area (Å²) in [6, 6.07) is 0. The van der Waals surface area contributed by atoms with Crippen LogP contribution in [0.25, 0.3) is 0 Å². The van der Waals surface area contributed by atoms with E-state index in [1.54, 1.807) is 0 Å². The molecule has 1 heterocycles. The van der Waals surface area contributed by atoms with Crippen LogP contribution < -0.4 is 0 Å². The molecule has 0 radical (unpaired) electrons. The van der Waals surface area contributed by atoms with E-state index in [4.69, 9.17) is 4.74 Å². The number of ether oxygens (including phenoxy) is 1. The molecule has 1 aliphatic rings. The number of rotatable bonds is 1. The van der Waals surface area contributed by atoms with E-state index < -0.39 is 0 Å². The SMILES string of the molecule is CC(C)C1OCC(C)(C)CN1C. The first kappa shape index (κ1) is 10.0. The van der Waals surface area contributed by atoms with Gasteiger partial charge in [0.15, 0.2) is 0 Å². The van der Waals surface area contributed by atoms with E-state index in [1.807, 2.05) is 0 Å². The van der Waals surface area contributed by atoms with Crippen molar-refractivity contribution in [2.75, 3.05) is 20.2 Å². The Balaban J connectivity index is 2.54. The van der Waals surface area contributed by atoms with Gasteiger partial charge < -0.3 is 4.74 Å². The predicted molar refractivity (Wildman–Crippen MR) is 51.0 cm³/mol. The van der Waals surface area contributed by atoms with Gasteiger partial charge >= 0.3 is 0 Å². The van der Waals surface area contributed by atoms with Crippen molar-refractivity contribution in [2.45, 2.75) is 33.9 Å². The van der Waals surface area contributed by atoms with Crippen molar-refractivity contribution in [1.82, 2.24) is 4.90 Å². The number of hydrogen-bond acceptors (Lipinski definition) is 2. The highest BCUT2D eigenvalue weighted by molar-refractivity contribution is 4.79. The van der Waals surface area contributed by atoms with Gasteiger partial charge in [-0.1, -0.05) is 27.7 Å². The molecule has 0 saturated carbocycles. The molecule has 72 valence electrons. The van der Waals surface area contributed by atoms with Crippen molar-refractivity contribution in [2.24, 2.45) is 11.3 Å². The summed E-state index contributed by atoms with van der Waals surface area (Å²) in [6.45, 7) is 10.9. The van der Waals surface area contributed by atoms with Gasteiger partial charge in [-0.2, -0.15) is 0 Å². The Kier molecular flexibility index (Phi) is 2.79. The molecule has 1 atom stereocenters. The van der Waals surface area contributed by atoms with Crippen LogP contribution in [0.15, 0.2) is 0 Å². The number of nitrogens with zero attached hydrogens (tertiary/aromatic N) is 1. The maximum atomic E-state index is 5.79. The molecule has 1 fully saturated rings. The molecule has 1 unspecified atom stereocenters. The van der Waals surface area contributed by atoms with Gasteiger partial charge in [-0.25, -0.2) is 0 Å². The van der Waals surface area contributed by atoms with Crippen LogP contribution in [0.2, 0.25) is 0 Å².